The lowest BCUT2D eigenvalue weighted by molar-refractivity contribution is -0.118. The molecule has 0 saturated heterocycles. The zero-order valence-corrected chi connectivity index (χ0v) is 10.7. The van der Waals surface area contributed by atoms with Crippen LogP contribution in [0.25, 0.3) is 0 Å². The lowest BCUT2D eigenvalue weighted by Crippen LogP contribution is -2.44. The van der Waals surface area contributed by atoms with Crippen molar-refractivity contribution < 1.29 is 4.79 Å². The van der Waals surface area contributed by atoms with Gasteiger partial charge in [-0.15, -0.1) is 0 Å². The van der Waals surface area contributed by atoms with Crippen molar-refractivity contribution in [2.24, 2.45) is 0 Å². The minimum Gasteiger partial charge on any atom is -0.325 e. The van der Waals surface area contributed by atoms with Crippen molar-refractivity contribution in [1.29, 1.82) is 0 Å². The Bertz CT molecular complexity index is 414. The summed E-state index contributed by atoms with van der Waals surface area (Å²) >= 11 is 0. The van der Waals surface area contributed by atoms with Gasteiger partial charge in [-0.25, -0.2) is 0 Å². The van der Waals surface area contributed by atoms with Crippen molar-refractivity contribution in [3.63, 3.8) is 0 Å². The van der Waals surface area contributed by atoms with Crippen molar-refractivity contribution >= 4 is 11.6 Å². The summed E-state index contributed by atoms with van der Waals surface area (Å²) in [5.74, 6) is 0.0238. The van der Waals surface area contributed by atoms with Crippen LogP contribution in [0.15, 0.2) is 42.5 Å². The molecule has 2 atom stereocenters. The van der Waals surface area contributed by atoms with E-state index in [9.17, 15) is 4.79 Å². The number of rotatable bonds is 4. The highest BCUT2D eigenvalue weighted by Crippen LogP contribution is 2.12. The van der Waals surface area contributed by atoms with Crippen LogP contribution in [0.3, 0.4) is 0 Å². The zero-order valence-electron chi connectivity index (χ0n) is 10.7. The molecule has 18 heavy (non-hydrogen) atoms. The zero-order chi connectivity index (χ0) is 12.8. The molecule has 96 valence electrons. The molecular formula is C15H20N2O. The number of carbonyl (C=O) groups excluding carboxylic acids is 1. The van der Waals surface area contributed by atoms with Gasteiger partial charge < -0.3 is 10.6 Å². The molecule has 0 bridgehead atoms. The molecule has 1 aromatic rings. The lowest BCUT2D eigenvalue weighted by Gasteiger charge is -2.23. The Labute approximate surface area is 108 Å². The Balaban J connectivity index is 1.83. The lowest BCUT2D eigenvalue weighted by atomic mass is 10.0. The highest BCUT2D eigenvalue weighted by Gasteiger charge is 2.17. The third-order valence-electron chi connectivity index (χ3n) is 3.19. The molecule has 0 fully saturated rings. The van der Waals surface area contributed by atoms with Gasteiger partial charge in [-0.2, -0.15) is 0 Å². The van der Waals surface area contributed by atoms with Crippen molar-refractivity contribution in [3.8, 4) is 0 Å². The highest BCUT2D eigenvalue weighted by molar-refractivity contribution is 5.94. The third kappa shape index (κ3) is 3.70. The Morgan fingerprint density at radius 3 is 2.72 bits per heavy atom. The van der Waals surface area contributed by atoms with E-state index in [0.717, 1.165) is 24.9 Å². The minimum atomic E-state index is -0.165. The molecule has 1 aromatic carbocycles. The molecule has 2 N–H and O–H groups in total. The topological polar surface area (TPSA) is 41.1 Å². The normalized spacial score (nSPS) is 20.4. The Hall–Kier alpha value is -1.61. The van der Waals surface area contributed by atoms with E-state index >= 15 is 0 Å². The maximum atomic E-state index is 12.0. The summed E-state index contributed by atoms with van der Waals surface area (Å²) < 4.78 is 0. The summed E-state index contributed by atoms with van der Waals surface area (Å²) in [4.78, 5) is 12.0. The van der Waals surface area contributed by atoms with Crippen LogP contribution < -0.4 is 10.6 Å². The Kier molecular flexibility index (Phi) is 4.53. The van der Waals surface area contributed by atoms with Crippen LogP contribution in [-0.2, 0) is 4.79 Å². The van der Waals surface area contributed by atoms with E-state index in [2.05, 4.69) is 22.8 Å². The summed E-state index contributed by atoms with van der Waals surface area (Å²) in [6, 6.07) is 9.82. The SMILES string of the molecule is CC(NC1CC=CCC1)C(=O)Nc1ccccc1. The molecule has 2 unspecified atom stereocenters. The first-order chi connectivity index (χ1) is 8.75. The molecule has 1 aliphatic carbocycles. The molecule has 0 radical (unpaired) electrons. The standard InChI is InChI=1S/C15H20N2O/c1-12(16-13-8-4-2-5-9-13)15(18)17-14-10-6-3-7-11-14/h2-4,6-7,10-13,16H,5,8-9H2,1H3,(H,17,18). The first kappa shape index (κ1) is 12.8. The quantitative estimate of drug-likeness (QED) is 0.800. The largest absolute Gasteiger partial charge is 0.325 e. The summed E-state index contributed by atoms with van der Waals surface area (Å²) in [5, 5.41) is 6.29. The number of carbonyl (C=O) groups is 1. The van der Waals surface area contributed by atoms with E-state index < -0.39 is 0 Å². The predicted molar refractivity (Wildman–Crippen MR) is 74.4 cm³/mol. The monoisotopic (exact) mass is 244 g/mol. The predicted octanol–water partition coefficient (Wildman–Crippen LogP) is 2.71. The van der Waals surface area contributed by atoms with Gasteiger partial charge in [0.1, 0.15) is 0 Å². The second-order valence-corrected chi connectivity index (χ2v) is 4.73. The van der Waals surface area contributed by atoms with Crippen LogP contribution in [-0.4, -0.2) is 18.0 Å². The molecule has 3 heteroatoms. The molecule has 0 saturated carbocycles. The van der Waals surface area contributed by atoms with Crippen LogP contribution in [0.1, 0.15) is 26.2 Å². The van der Waals surface area contributed by atoms with Crippen LogP contribution in [0, 0.1) is 0 Å². The fourth-order valence-electron chi connectivity index (χ4n) is 2.15. The molecule has 0 aliphatic heterocycles. The fraction of sp³-hybridized carbons (Fsp3) is 0.400. The van der Waals surface area contributed by atoms with E-state index in [1.54, 1.807) is 0 Å². The van der Waals surface area contributed by atoms with Crippen molar-refractivity contribution in [1.82, 2.24) is 5.32 Å². The molecule has 0 spiro atoms. The fourth-order valence-corrected chi connectivity index (χ4v) is 2.15. The van der Waals surface area contributed by atoms with Gasteiger partial charge in [0.2, 0.25) is 5.91 Å². The molecule has 0 heterocycles. The number of para-hydroxylation sites is 1. The smallest absolute Gasteiger partial charge is 0.241 e. The van der Waals surface area contributed by atoms with E-state index in [0.29, 0.717) is 6.04 Å². The van der Waals surface area contributed by atoms with Crippen molar-refractivity contribution in [2.75, 3.05) is 5.32 Å². The van der Waals surface area contributed by atoms with Gasteiger partial charge in [-0.05, 0) is 38.3 Å². The van der Waals surface area contributed by atoms with E-state index in [-0.39, 0.29) is 11.9 Å². The number of nitrogens with one attached hydrogen (secondary N) is 2. The Morgan fingerprint density at radius 2 is 2.06 bits per heavy atom. The van der Waals surface area contributed by atoms with Gasteiger partial charge in [0, 0.05) is 11.7 Å². The summed E-state index contributed by atoms with van der Waals surface area (Å²) in [6.07, 6.45) is 7.61. The summed E-state index contributed by atoms with van der Waals surface area (Å²) in [6.45, 7) is 1.91. The maximum Gasteiger partial charge on any atom is 0.241 e. The highest BCUT2D eigenvalue weighted by atomic mass is 16.2. The molecule has 3 nitrogen and oxygen atoms in total. The maximum absolute atomic E-state index is 12.0. The molecule has 2 rings (SSSR count). The van der Waals surface area contributed by atoms with Crippen molar-refractivity contribution in [2.45, 2.75) is 38.3 Å². The number of anilines is 1. The minimum absolute atomic E-state index is 0.0238. The van der Waals surface area contributed by atoms with Gasteiger partial charge in [0.25, 0.3) is 0 Å². The van der Waals surface area contributed by atoms with Crippen LogP contribution in [0.5, 0.6) is 0 Å². The van der Waals surface area contributed by atoms with Gasteiger partial charge in [-0.3, -0.25) is 4.79 Å². The molecular weight excluding hydrogens is 224 g/mol. The van der Waals surface area contributed by atoms with Gasteiger partial charge in [0.05, 0.1) is 6.04 Å². The third-order valence-corrected chi connectivity index (χ3v) is 3.19. The molecule has 1 aliphatic rings. The van der Waals surface area contributed by atoms with Crippen LogP contribution in [0.2, 0.25) is 0 Å². The van der Waals surface area contributed by atoms with Gasteiger partial charge in [0.15, 0.2) is 0 Å². The second kappa shape index (κ2) is 6.36. The number of amides is 1. The summed E-state index contributed by atoms with van der Waals surface area (Å²) in [5.41, 5.74) is 0.847. The molecule has 1 amide bonds. The molecule has 0 aromatic heterocycles. The van der Waals surface area contributed by atoms with Crippen molar-refractivity contribution in [3.05, 3.63) is 42.5 Å². The van der Waals surface area contributed by atoms with Crippen LogP contribution >= 0.6 is 0 Å². The van der Waals surface area contributed by atoms with E-state index in [1.165, 1.54) is 0 Å². The Morgan fingerprint density at radius 1 is 1.28 bits per heavy atom. The van der Waals surface area contributed by atoms with E-state index in [4.69, 9.17) is 0 Å². The average molecular weight is 244 g/mol. The number of benzene rings is 1. The number of hydrogen-bond donors (Lipinski definition) is 2. The van der Waals surface area contributed by atoms with Gasteiger partial charge >= 0.3 is 0 Å². The van der Waals surface area contributed by atoms with Gasteiger partial charge in [-0.1, -0.05) is 30.4 Å². The number of allylic oxidation sites excluding steroid dienone is 1. The van der Waals surface area contributed by atoms with E-state index in [1.807, 2.05) is 37.3 Å². The average Bonchev–Trinajstić information content (AvgIpc) is 2.41. The second-order valence-electron chi connectivity index (χ2n) is 4.73. The summed E-state index contributed by atoms with van der Waals surface area (Å²) in [7, 11) is 0. The number of hydrogen-bond acceptors (Lipinski definition) is 2. The first-order valence-electron chi connectivity index (χ1n) is 6.52. The van der Waals surface area contributed by atoms with Crippen LogP contribution in [0.4, 0.5) is 5.69 Å². The first-order valence-corrected chi connectivity index (χ1v) is 6.52.